The Hall–Kier alpha value is -5.11. The van der Waals surface area contributed by atoms with Crippen molar-refractivity contribution < 1.29 is 14.6 Å². The number of carboxylic acid groups (broad SMARTS) is 1. The number of hydrogen-bond donors (Lipinski definition) is 1. The summed E-state index contributed by atoms with van der Waals surface area (Å²) in [6.07, 6.45) is 5.50. The average molecular weight is 530 g/mol. The lowest BCUT2D eigenvalue weighted by atomic mass is 9.96. The second kappa shape index (κ2) is 10.6. The van der Waals surface area contributed by atoms with Crippen molar-refractivity contribution in [2.24, 2.45) is 5.10 Å². The second-order valence-electron chi connectivity index (χ2n) is 9.89. The predicted molar refractivity (Wildman–Crippen MR) is 155 cm³/mol. The van der Waals surface area contributed by atoms with Crippen LogP contribution in [0.15, 0.2) is 103 Å². The summed E-state index contributed by atoms with van der Waals surface area (Å²) in [6.45, 7) is 4.02. The van der Waals surface area contributed by atoms with Crippen LogP contribution in [0.2, 0.25) is 0 Å². The number of fused-ring (bicyclic) bond motifs is 1. The summed E-state index contributed by atoms with van der Waals surface area (Å²) < 4.78 is 5.77. The number of ether oxygens (including phenoxy) is 1. The summed E-state index contributed by atoms with van der Waals surface area (Å²) in [5.41, 5.74) is 6.89. The molecule has 8 nitrogen and oxygen atoms in total. The van der Waals surface area contributed by atoms with Crippen LogP contribution in [0.3, 0.4) is 0 Å². The Morgan fingerprint density at radius 1 is 0.850 bits per heavy atom. The number of aromatic carboxylic acids is 1. The summed E-state index contributed by atoms with van der Waals surface area (Å²) in [5.74, 6) is 0.413. The molecular weight excluding hydrogens is 502 g/mol. The molecule has 1 atom stereocenters. The van der Waals surface area contributed by atoms with Crippen LogP contribution in [-0.4, -0.2) is 37.8 Å². The zero-order valence-corrected chi connectivity index (χ0v) is 22.1. The molecule has 0 aliphatic carbocycles. The summed E-state index contributed by atoms with van der Waals surface area (Å²) in [7, 11) is 0. The third kappa shape index (κ3) is 5.11. The van der Waals surface area contributed by atoms with E-state index in [9.17, 15) is 9.90 Å². The molecule has 198 valence electrons. The standard InChI is InChI=1S/C32H27N5O3/c1-20(2)40-26-11-7-22(8-12-26)21-3-5-23(6-4-21)30-18-28(24-9-13-27-29(17-24)34-16-15-33-27)36-37(30)31-14-10-25(19-35-31)32(38)39/h3-17,19-20,30H,18H2,1-2H3,(H,38,39). The topological polar surface area (TPSA) is 101 Å². The average Bonchev–Trinajstić information content (AvgIpc) is 3.43. The number of carbonyl (C=O) groups is 1. The smallest absolute Gasteiger partial charge is 0.337 e. The molecular formula is C32H27N5O3. The fourth-order valence-electron chi connectivity index (χ4n) is 4.84. The first kappa shape index (κ1) is 25.2. The number of nitrogens with zero attached hydrogens (tertiary/aromatic N) is 5. The van der Waals surface area contributed by atoms with Crippen molar-refractivity contribution in [1.29, 1.82) is 0 Å². The van der Waals surface area contributed by atoms with Gasteiger partial charge in [0.25, 0.3) is 0 Å². The van der Waals surface area contributed by atoms with Crippen molar-refractivity contribution in [3.05, 3.63) is 114 Å². The van der Waals surface area contributed by atoms with Crippen LogP contribution in [0, 0.1) is 0 Å². The van der Waals surface area contributed by atoms with Crippen LogP contribution in [0.5, 0.6) is 5.75 Å². The van der Waals surface area contributed by atoms with E-state index in [4.69, 9.17) is 9.84 Å². The van der Waals surface area contributed by atoms with Crippen molar-refractivity contribution in [3.8, 4) is 16.9 Å². The minimum atomic E-state index is -1.02. The van der Waals surface area contributed by atoms with Gasteiger partial charge in [0.2, 0.25) is 0 Å². The first-order valence-corrected chi connectivity index (χ1v) is 13.1. The minimum Gasteiger partial charge on any atom is -0.491 e. The molecule has 0 fully saturated rings. The highest BCUT2D eigenvalue weighted by atomic mass is 16.5. The highest BCUT2D eigenvalue weighted by molar-refractivity contribution is 6.05. The molecule has 0 bridgehead atoms. The first-order valence-electron chi connectivity index (χ1n) is 13.1. The highest BCUT2D eigenvalue weighted by Crippen LogP contribution is 2.37. The Labute approximate surface area is 231 Å². The number of aromatic nitrogens is 3. The molecule has 0 saturated carbocycles. The normalized spacial score (nSPS) is 14.9. The van der Waals surface area contributed by atoms with Gasteiger partial charge in [-0.05, 0) is 66.9 Å². The van der Waals surface area contributed by atoms with Gasteiger partial charge < -0.3 is 9.84 Å². The van der Waals surface area contributed by atoms with Gasteiger partial charge in [0.05, 0.1) is 34.5 Å². The molecule has 1 aliphatic rings. The van der Waals surface area contributed by atoms with Gasteiger partial charge in [0, 0.05) is 30.6 Å². The third-order valence-electron chi connectivity index (χ3n) is 6.80. The van der Waals surface area contributed by atoms with E-state index < -0.39 is 5.97 Å². The van der Waals surface area contributed by atoms with Crippen molar-refractivity contribution >= 4 is 28.5 Å². The monoisotopic (exact) mass is 529 g/mol. The quantitative estimate of drug-likeness (QED) is 0.256. The van der Waals surface area contributed by atoms with E-state index in [-0.39, 0.29) is 17.7 Å². The van der Waals surface area contributed by atoms with Gasteiger partial charge in [0.15, 0.2) is 0 Å². The van der Waals surface area contributed by atoms with Crippen molar-refractivity contribution in [3.63, 3.8) is 0 Å². The van der Waals surface area contributed by atoms with Crippen molar-refractivity contribution in [2.45, 2.75) is 32.4 Å². The maximum Gasteiger partial charge on any atom is 0.337 e. The molecule has 0 spiro atoms. The highest BCUT2D eigenvalue weighted by Gasteiger charge is 2.31. The van der Waals surface area contributed by atoms with Crippen molar-refractivity contribution in [2.75, 3.05) is 5.01 Å². The Morgan fingerprint density at radius 2 is 1.52 bits per heavy atom. The Kier molecular flexibility index (Phi) is 6.66. The molecule has 3 heterocycles. The van der Waals surface area contributed by atoms with Crippen LogP contribution in [0.1, 0.15) is 47.8 Å². The molecule has 6 rings (SSSR count). The summed E-state index contributed by atoms with van der Waals surface area (Å²) in [6, 6.07) is 25.6. The van der Waals surface area contributed by atoms with Gasteiger partial charge in [-0.1, -0.05) is 42.5 Å². The van der Waals surface area contributed by atoms with Gasteiger partial charge in [-0.25, -0.2) is 14.8 Å². The van der Waals surface area contributed by atoms with E-state index in [0.717, 1.165) is 44.7 Å². The largest absolute Gasteiger partial charge is 0.491 e. The lowest BCUT2D eigenvalue weighted by Gasteiger charge is -2.23. The second-order valence-corrected chi connectivity index (χ2v) is 9.89. The fraction of sp³-hybridized carbons (Fsp3) is 0.156. The number of benzene rings is 3. The van der Waals surface area contributed by atoms with E-state index in [1.165, 1.54) is 6.20 Å². The zero-order chi connectivity index (χ0) is 27.6. The molecule has 8 heteroatoms. The Bertz CT molecular complexity index is 1700. The van der Waals surface area contributed by atoms with Gasteiger partial charge in [-0.2, -0.15) is 5.10 Å². The number of hydrazone groups is 1. The van der Waals surface area contributed by atoms with Gasteiger partial charge in [0.1, 0.15) is 11.6 Å². The maximum atomic E-state index is 11.4. The molecule has 5 aromatic rings. The molecule has 3 aromatic carbocycles. The first-order chi connectivity index (χ1) is 19.4. The number of hydrogen-bond acceptors (Lipinski definition) is 7. The fourth-order valence-corrected chi connectivity index (χ4v) is 4.84. The number of carboxylic acids is 1. The molecule has 40 heavy (non-hydrogen) atoms. The number of rotatable bonds is 7. The summed E-state index contributed by atoms with van der Waals surface area (Å²) in [4.78, 5) is 24.6. The van der Waals surface area contributed by atoms with Gasteiger partial charge in [-0.15, -0.1) is 0 Å². The van der Waals surface area contributed by atoms with Gasteiger partial charge in [-0.3, -0.25) is 9.97 Å². The van der Waals surface area contributed by atoms with E-state index in [2.05, 4.69) is 51.4 Å². The molecule has 1 unspecified atom stereocenters. The van der Waals surface area contributed by atoms with Crippen molar-refractivity contribution in [1.82, 2.24) is 15.0 Å². The van der Waals surface area contributed by atoms with Crippen LogP contribution < -0.4 is 9.75 Å². The van der Waals surface area contributed by atoms with E-state index in [1.807, 2.05) is 49.2 Å². The molecule has 1 N–H and O–H groups in total. The van der Waals surface area contributed by atoms with Crippen LogP contribution in [0.25, 0.3) is 22.2 Å². The molecule has 0 amide bonds. The minimum absolute atomic E-state index is 0.119. The maximum absolute atomic E-state index is 11.4. The summed E-state index contributed by atoms with van der Waals surface area (Å²) >= 11 is 0. The lowest BCUT2D eigenvalue weighted by molar-refractivity contribution is 0.0696. The zero-order valence-electron chi connectivity index (χ0n) is 22.1. The van der Waals surface area contributed by atoms with Crippen LogP contribution in [-0.2, 0) is 0 Å². The Morgan fingerprint density at radius 3 is 2.17 bits per heavy atom. The molecule has 2 aromatic heterocycles. The predicted octanol–water partition coefficient (Wildman–Crippen LogP) is 6.53. The molecule has 0 saturated heterocycles. The lowest BCUT2D eigenvalue weighted by Crippen LogP contribution is -2.19. The van der Waals surface area contributed by atoms with Gasteiger partial charge >= 0.3 is 5.97 Å². The summed E-state index contributed by atoms with van der Waals surface area (Å²) in [5, 5.41) is 16.2. The number of pyridine rings is 1. The molecule has 1 aliphatic heterocycles. The third-order valence-corrected chi connectivity index (χ3v) is 6.80. The SMILES string of the molecule is CC(C)Oc1ccc(-c2ccc(C3CC(c4ccc5nccnc5c4)=NN3c3ccc(C(=O)O)cn3)cc2)cc1. The number of anilines is 1. The van der Waals surface area contributed by atoms with Crippen LogP contribution in [0.4, 0.5) is 5.82 Å². The van der Waals surface area contributed by atoms with E-state index in [1.54, 1.807) is 24.5 Å². The Balaban J connectivity index is 1.32. The molecule has 0 radical (unpaired) electrons. The van der Waals surface area contributed by atoms with E-state index >= 15 is 0 Å². The van der Waals surface area contributed by atoms with Crippen LogP contribution >= 0.6 is 0 Å². The van der Waals surface area contributed by atoms with E-state index in [0.29, 0.717) is 12.2 Å².